The number of nitrogen functional groups attached to an aromatic ring is 1. The molecule has 0 aliphatic heterocycles. The maximum absolute atomic E-state index is 5.90. The molecule has 0 saturated heterocycles. The lowest BCUT2D eigenvalue weighted by Crippen LogP contribution is -2.30. The molecule has 2 rings (SSSR count). The second-order valence-corrected chi connectivity index (χ2v) is 5.68. The fourth-order valence-corrected chi connectivity index (χ4v) is 2.89. The number of aryl methyl sites for hydroxylation is 1. The van der Waals surface area contributed by atoms with Crippen molar-refractivity contribution in [2.24, 2.45) is 11.8 Å². The number of nitrogens with two attached hydrogens (primary N) is 1. The van der Waals surface area contributed by atoms with Gasteiger partial charge in [0.25, 0.3) is 0 Å². The molecule has 1 saturated carbocycles. The molecule has 1 aliphatic carbocycles. The molecule has 2 atom stereocenters. The van der Waals surface area contributed by atoms with Crippen LogP contribution >= 0.6 is 0 Å². The number of aromatic nitrogens is 1. The van der Waals surface area contributed by atoms with E-state index < -0.39 is 0 Å². The first-order valence-electron chi connectivity index (χ1n) is 6.53. The van der Waals surface area contributed by atoms with Gasteiger partial charge in [-0.3, -0.25) is 0 Å². The molecule has 0 aromatic carbocycles. The van der Waals surface area contributed by atoms with E-state index in [-0.39, 0.29) is 0 Å². The Morgan fingerprint density at radius 3 is 2.47 bits per heavy atom. The number of nitrogens with zero attached hydrogens (tertiary/aromatic N) is 1. The molecule has 1 aliphatic rings. The zero-order chi connectivity index (χ0) is 12.4. The molecule has 3 N–H and O–H groups in total. The summed E-state index contributed by atoms with van der Waals surface area (Å²) < 4.78 is 0. The topological polar surface area (TPSA) is 50.9 Å². The smallest absolute Gasteiger partial charge is 0.128 e. The maximum atomic E-state index is 5.90. The standard InChI is InChI=1S/C14H23N3/c1-9-4-10(2)6-12(5-9)17-14-7-13(15)11(3)8-16-14/h7-10,12H,4-6H2,1-3H3,(H3,15,16,17). The quantitative estimate of drug-likeness (QED) is 0.824. The molecule has 0 amide bonds. The van der Waals surface area contributed by atoms with Crippen molar-refractivity contribution in [1.82, 2.24) is 4.98 Å². The summed E-state index contributed by atoms with van der Waals surface area (Å²) in [6.07, 6.45) is 5.66. The van der Waals surface area contributed by atoms with Gasteiger partial charge in [-0.15, -0.1) is 0 Å². The molecule has 0 bridgehead atoms. The first kappa shape index (κ1) is 12.2. The minimum Gasteiger partial charge on any atom is -0.398 e. The molecule has 0 radical (unpaired) electrons. The number of nitrogens with one attached hydrogen (secondary N) is 1. The van der Waals surface area contributed by atoms with E-state index in [9.17, 15) is 0 Å². The Labute approximate surface area is 104 Å². The Balaban J connectivity index is 2.02. The lowest BCUT2D eigenvalue weighted by molar-refractivity contribution is 0.280. The summed E-state index contributed by atoms with van der Waals surface area (Å²) in [4.78, 5) is 4.39. The van der Waals surface area contributed by atoms with Gasteiger partial charge < -0.3 is 11.1 Å². The number of hydrogen-bond acceptors (Lipinski definition) is 3. The van der Waals surface area contributed by atoms with Crippen molar-refractivity contribution in [2.45, 2.75) is 46.1 Å². The largest absolute Gasteiger partial charge is 0.398 e. The molecule has 94 valence electrons. The Morgan fingerprint density at radius 1 is 1.24 bits per heavy atom. The van der Waals surface area contributed by atoms with Gasteiger partial charge in [-0.1, -0.05) is 13.8 Å². The second kappa shape index (κ2) is 4.94. The van der Waals surface area contributed by atoms with Gasteiger partial charge in [0.2, 0.25) is 0 Å². The highest BCUT2D eigenvalue weighted by Gasteiger charge is 2.23. The molecular weight excluding hydrogens is 210 g/mol. The molecule has 0 spiro atoms. The van der Waals surface area contributed by atoms with Crippen molar-refractivity contribution in [1.29, 1.82) is 0 Å². The third-order valence-corrected chi connectivity index (χ3v) is 3.68. The molecule has 1 fully saturated rings. The average molecular weight is 233 g/mol. The predicted octanol–water partition coefficient (Wildman–Crippen LogP) is 3.21. The summed E-state index contributed by atoms with van der Waals surface area (Å²) in [5.41, 5.74) is 7.76. The van der Waals surface area contributed by atoms with Gasteiger partial charge in [0.05, 0.1) is 0 Å². The maximum Gasteiger partial charge on any atom is 0.128 e. The summed E-state index contributed by atoms with van der Waals surface area (Å²) in [6, 6.07) is 2.49. The Morgan fingerprint density at radius 2 is 1.88 bits per heavy atom. The van der Waals surface area contributed by atoms with Crippen LogP contribution in [0.25, 0.3) is 0 Å². The van der Waals surface area contributed by atoms with Crippen molar-refractivity contribution >= 4 is 11.5 Å². The SMILES string of the molecule is Cc1cnc(NC2CC(C)CC(C)C2)cc1N. The highest BCUT2D eigenvalue weighted by Crippen LogP contribution is 2.30. The molecule has 2 unspecified atom stereocenters. The van der Waals surface area contributed by atoms with Crippen LogP contribution in [0.1, 0.15) is 38.7 Å². The van der Waals surface area contributed by atoms with E-state index in [1.807, 2.05) is 19.2 Å². The van der Waals surface area contributed by atoms with Gasteiger partial charge in [0.1, 0.15) is 5.82 Å². The monoisotopic (exact) mass is 233 g/mol. The molecule has 1 aromatic rings. The molecule has 1 heterocycles. The number of rotatable bonds is 2. The third-order valence-electron chi connectivity index (χ3n) is 3.68. The lowest BCUT2D eigenvalue weighted by atomic mass is 9.80. The average Bonchev–Trinajstić information content (AvgIpc) is 2.22. The summed E-state index contributed by atoms with van der Waals surface area (Å²) in [5, 5.41) is 3.52. The van der Waals surface area contributed by atoms with Crippen LogP contribution in [0.4, 0.5) is 11.5 Å². The highest BCUT2D eigenvalue weighted by atomic mass is 15.0. The highest BCUT2D eigenvalue weighted by molar-refractivity contribution is 5.53. The van der Waals surface area contributed by atoms with E-state index >= 15 is 0 Å². The van der Waals surface area contributed by atoms with Crippen molar-refractivity contribution < 1.29 is 0 Å². The van der Waals surface area contributed by atoms with Gasteiger partial charge >= 0.3 is 0 Å². The first-order valence-corrected chi connectivity index (χ1v) is 6.53. The fraction of sp³-hybridized carbons (Fsp3) is 0.643. The summed E-state index contributed by atoms with van der Waals surface area (Å²) in [5.74, 6) is 2.53. The minimum absolute atomic E-state index is 0.545. The van der Waals surface area contributed by atoms with E-state index in [0.29, 0.717) is 6.04 Å². The van der Waals surface area contributed by atoms with Gasteiger partial charge in [0, 0.05) is 24.0 Å². The van der Waals surface area contributed by atoms with Crippen molar-refractivity contribution in [2.75, 3.05) is 11.1 Å². The summed E-state index contributed by atoms with van der Waals surface area (Å²) in [7, 11) is 0. The van der Waals surface area contributed by atoms with E-state index in [2.05, 4.69) is 24.1 Å². The summed E-state index contributed by atoms with van der Waals surface area (Å²) in [6.45, 7) is 6.65. The van der Waals surface area contributed by atoms with Crippen LogP contribution in [-0.4, -0.2) is 11.0 Å². The molecule has 17 heavy (non-hydrogen) atoms. The third kappa shape index (κ3) is 3.11. The Hall–Kier alpha value is -1.25. The Kier molecular flexibility index (Phi) is 3.55. The van der Waals surface area contributed by atoms with Crippen LogP contribution in [0.3, 0.4) is 0 Å². The van der Waals surface area contributed by atoms with Crippen molar-refractivity contribution in [3.05, 3.63) is 17.8 Å². The first-order chi connectivity index (χ1) is 8.04. The van der Waals surface area contributed by atoms with Gasteiger partial charge in [-0.2, -0.15) is 0 Å². The number of hydrogen-bond donors (Lipinski definition) is 2. The fourth-order valence-electron chi connectivity index (χ4n) is 2.89. The van der Waals surface area contributed by atoms with Crippen molar-refractivity contribution in [3.8, 4) is 0 Å². The van der Waals surface area contributed by atoms with E-state index in [1.54, 1.807) is 0 Å². The van der Waals surface area contributed by atoms with Crippen LogP contribution in [0.15, 0.2) is 12.3 Å². The van der Waals surface area contributed by atoms with Crippen molar-refractivity contribution in [3.63, 3.8) is 0 Å². The van der Waals surface area contributed by atoms with Crippen LogP contribution in [0.5, 0.6) is 0 Å². The second-order valence-electron chi connectivity index (χ2n) is 5.68. The molecule has 1 aromatic heterocycles. The van der Waals surface area contributed by atoms with E-state index in [4.69, 9.17) is 5.73 Å². The number of pyridine rings is 1. The van der Waals surface area contributed by atoms with E-state index in [0.717, 1.165) is 28.9 Å². The van der Waals surface area contributed by atoms with Crippen LogP contribution in [0, 0.1) is 18.8 Å². The normalized spacial score (nSPS) is 29.0. The van der Waals surface area contributed by atoms with Gasteiger partial charge in [-0.05, 0) is 43.6 Å². The molecular formula is C14H23N3. The summed E-state index contributed by atoms with van der Waals surface area (Å²) >= 11 is 0. The zero-order valence-corrected chi connectivity index (χ0v) is 11.0. The molecule has 3 heteroatoms. The van der Waals surface area contributed by atoms with Crippen LogP contribution in [0.2, 0.25) is 0 Å². The van der Waals surface area contributed by atoms with Crippen LogP contribution in [-0.2, 0) is 0 Å². The van der Waals surface area contributed by atoms with Gasteiger partial charge in [-0.25, -0.2) is 4.98 Å². The minimum atomic E-state index is 0.545. The zero-order valence-electron chi connectivity index (χ0n) is 11.0. The van der Waals surface area contributed by atoms with Crippen LogP contribution < -0.4 is 11.1 Å². The molecule has 3 nitrogen and oxygen atoms in total. The lowest BCUT2D eigenvalue weighted by Gasteiger charge is -2.32. The van der Waals surface area contributed by atoms with Gasteiger partial charge in [0.15, 0.2) is 0 Å². The predicted molar refractivity (Wildman–Crippen MR) is 73.0 cm³/mol. The number of anilines is 2. The van der Waals surface area contributed by atoms with E-state index in [1.165, 1.54) is 19.3 Å². The Bertz CT molecular complexity index is 379.